The molecule has 6 heteroatoms. The number of ether oxygens (including phenoxy) is 1. The maximum Gasteiger partial charge on any atom is 0.313 e. The van der Waals surface area contributed by atoms with Crippen LogP contribution in [-0.2, 0) is 14.3 Å². The molecule has 0 atom stereocenters. The van der Waals surface area contributed by atoms with Gasteiger partial charge in [-0.2, -0.15) is 0 Å². The standard InChI is InChI=1S/C17H25N3O3/c1-13(2)14-3-5-15(6-4-14)19-17(22)16(21)18-7-8-20-9-11-23-12-10-20/h3-6,13H,7-12H2,1-2H3,(H,18,21)(H,19,22)/p+1. The summed E-state index contributed by atoms with van der Waals surface area (Å²) in [6.45, 7) is 8.94. The van der Waals surface area contributed by atoms with Gasteiger partial charge in [0.1, 0.15) is 13.1 Å². The molecule has 0 spiro atoms. The Kier molecular flexibility index (Phi) is 6.55. The first kappa shape index (κ1) is 17.4. The summed E-state index contributed by atoms with van der Waals surface area (Å²) in [6.07, 6.45) is 0. The molecule has 126 valence electrons. The average Bonchev–Trinajstić information content (AvgIpc) is 2.56. The summed E-state index contributed by atoms with van der Waals surface area (Å²) in [4.78, 5) is 25.1. The van der Waals surface area contributed by atoms with E-state index >= 15 is 0 Å². The van der Waals surface area contributed by atoms with Gasteiger partial charge in [-0.1, -0.05) is 26.0 Å². The van der Waals surface area contributed by atoms with Gasteiger partial charge in [-0.15, -0.1) is 0 Å². The number of morpholine rings is 1. The molecule has 0 radical (unpaired) electrons. The van der Waals surface area contributed by atoms with Crippen molar-refractivity contribution in [3.8, 4) is 0 Å². The van der Waals surface area contributed by atoms with E-state index in [1.165, 1.54) is 10.5 Å². The monoisotopic (exact) mass is 320 g/mol. The number of anilines is 1. The third kappa shape index (κ3) is 5.65. The maximum atomic E-state index is 11.9. The molecular formula is C17H26N3O3+. The molecule has 1 aromatic carbocycles. The molecule has 1 aromatic rings. The lowest BCUT2D eigenvalue weighted by Crippen LogP contribution is -3.14. The fraction of sp³-hybridized carbons (Fsp3) is 0.529. The van der Waals surface area contributed by atoms with E-state index in [2.05, 4.69) is 24.5 Å². The van der Waals surface area contributed by atoms with Crippen LogP contribution in [-0.4, -0.2) is 51.2 Å². The highest BCUT2D eigenvalue weighted by Gasteiger charge is 2.16. The molecule has 1 heterocycles. The van der Waals surface area contributed by atoms with Crippen LogP contribution in [0.3, 0.4) is 0 Å². The van der Waals surface area contributed by atoms with Crippen LogP contribution < -0.4 is 15.5 Å². The second kappa shape index (κ2) is 8.64. The zero-order chi connectivity index (χ0) is 16.7. The Bertz CT molecular complexity index is 522. The molecular weight excluding hydrogens is 294 g/mol. The third-order valence-corrected chi connectivity index (χ3v) is 4.01. The van der Waals surface area contributed by atoms with Crippen molar-refractivity contribution in [2.45, 2.75) is 19.8 Å². The topological polar surface area (TPSA) is 71.9 Å². The number of hydrogen-bond acceptors (Lipinski definition) is 3. The predicted molar refractivity (Wildman–Crippen MR) is 88.6 cm³/mol. The van der Waals surface area contributed by atoms with E-state index in [4.69, 9.17) is 4.74 Å². The van der Waals surface area contributed by atoms with Crippen LogP contribution in [0.25, 0.3) is 0 Å². The van der Waals surface area contributed by atoms with Gasteiger partial charge in [0.15, 0.2) is 0 Å². The third-order valence-electron chi connectivity index (χ3n) is 4.01. The lowest BCUT2D eigenvalue weighted by molar-refractivity contribution is -0.906. The molecule has 2 amide bonds. The van der Waals surface area contributed by atoms with Gasteiger partial charge in [0.05, 0.1) is 26.3 Å². The lowest BCUT2D eigenvalue weighted by atomic mass is 10.0. The summed E-state index contributed by atoms with van der Waals surface area (Å²) in [6, 6.07) is 7.55. The number of amides is 2. The van der Waals surface area contributed by atoms with E-state index in [1.807, 2.05) is 24.3 Å². The second-order valence-corrected chi connectivity index (χ2v) is 6.10. The van der Waals surface area contributed by atoms with E-state index < -0.39 is 11.8 Å². The van der Waals surface area contributed by atoms with Crippen LogP contribution in [0.4, 0.5) is 5.69 Å². The first-order valence-corrected chi connectivity index (χ1v) is 8.16. The van der Waals surface area contributed by atoms with E-state index in [1.54, 1.807) is 0 Å². The van der Waals surface area contributed by atoms with Crippen LogP contribution in [0.5, 0.6) is 0 Å². The van der Waals surface area contributed by atoms with Crippen LogP contribution in [0.1, 0.15) is 25.3 Å². The zero-order valence-corrected chi connectivity index (χ0v) is 13.9. The van der Waals surface area contributed by atoms with Crippen LogP contribution in [0.15, 0.2) is 24.3 Å². The minimum absolute atomic E-state index is 0.436. The molecule has 1 aliphatic rings. The number of carbonyl (C=O) groups excluding carboxylic acids is 2. The molecule has 0 aliphatic carbocycles. The highest BCUT2D eigenvalue weighted by molar-refractivity contribution is 6.39. The van der Waals surface area contributed by atoms with Gasteiger partial charge >= 0.3 is 11.8 Å². The summed E-state index contributed by atoms with van der Waals surface area (Å²) < 4.78 is 5.28. The van der Waals surface area contributed by atoms with Gasteiger partial charge in [0.25, 0.3) is 0 Å². The Labute approximate surface area is 137 Å². The SMILES string of the molecule is CC(C)c1ccc(NC(=O)C(=O)NCC[NH+]2CCOCC2)cc1. The van der Waals surface area contributed by atoms with E-state index in [-0.39, 0.29) is 0 Å². The second-order valence-electron chi connectivity index (χ2n) is 6.10. The van der Waals surface area contributed by atoms with Crippen molar-refractivity contribution in [1.82, 2.24) is 5.32 Å². The highest BCUT2D eigenvalue weighted by atomic mass is 16.5. The quantitative estimate of drug-likeness (QED) is 0.657. The van der Waals surface area contributed by atoms with Crippen molar-refractivity contribution >= 4 is 17.5 Å². The molecule has 23 heavy (non-hydrogen) atoms. The molecule has 0 unspecified atom stereocenters. The van der Waals surface area contributed by atoms with Gasteiger partial charge < -0.3 is 20.3 Å². The summed E-state index contributed by atoms with van der Waals surface area (Å²) in [7, 11) is 0. The summed E-state index contributed by atoms with van der Waals surface area (Å²) in [5.74, 6) is -0.782. The minimum Gasteiger partial charge on any atom is -0.370 e. The van der Waals surface area contributed by atoms with Gasteiger partial charge in [-0.05, 0) is 23.6 Å². The summed E-state index contributed by atoms with van der Waals surface area (Å²) in [5, 5.41) is 5.29. The first-order valence-electron chi connectivity index (χ1n) is 8.16. The highest BCUT2D eigenvalue weighted by Crippen LogP contribution is 2.16. The van der Waals surface area contributed by atoms with E-state index in [0.717, 1.165) is 32.8 Å². The van der Waals surface area contributed by atoms with Gasteiger partial charge in [0, 0.05) is 5.69 Å². The summed E-state index contributed by atoms with van der Waals surface area (Å²) >= 11 is 0. The molecule has 0 saturated carbocycles. The molecule has 6 nitrogen and oxygen atoms in total. The molecule has 0 bridgehead atoms. The number of benzene rings is 1. The zero-order valence-electron chi connectivity index (χ0n) is 13.9. The van der Waals surface area contributed by atoms with Crippen molar-refractivity contribution in [1.29, 1.82) is 0 Å². The predicted octanol–water partition coefficient (Wildman–Crippen LogP) is -0.220. The van der Waals surface area contributed by atoms with Crippen molar-refractivity contribution in [2.24, 2.45) is 0 Å². The van der Waals surface area contributed by atoms with E-state index in [9.17, 15) is 9.59 Å². The van der Waals surface area contributed by atoms with Gasteiger partial charge in [-0.3, -0.25) is 9.59 Å². The first-order chi connectivity index (χ1) is 11.1. The Morgan fingerprint density at radius 3 is 2.39 bits per heavy atom. The number of carbonyl (C=O) groups is 2. The van der Waals surface area contributed by atoms with Gasteiger partial charge in [-0.25, -0.2) is 0 Å². The summed E-state index contributed by atoms with van der Waals surface area (Å²) in [5.41, 5.74) is 1.83. The fourth-order valence-corrected chi connectivity index (χ4v) is 2.48. The Balaban J connectivity index is 1.72. The molecule has 1 saturated heterocycles. The fourth-order valence-electron chi connectivity index (χ4n) is 2.48. The normalized spacial score (nSPS) is 15.4. The number of quaternary nitrogens is 1. The molecule has 3 N–H and O–H groups in total. The smallest absolute Gasteiger partial charge is 0.313 e. The Hall–Kier alpha value is -1.92. The molecule has 0 aromatic heterocycles. The maximum absolute atomic E-state index is 11.9. The van der Waals surface area contributed by atoms with Crippen LogP contribution in [0, 0.1) is 0 Å². The molecule has 1 fully saturated rings. The van der Waals surface area contributed by atoms with Crippen molar-refractivity contribution < 1.29 is 19.2 Å². The Morgan fingerprint density at radius 1 is 1.13 bits per heavy atom. The van der Waals surface area contributed by atoms with Crippen LogP contribution in [0.2, 0.25) is 0 Å². The molecule has 1 aliphatic heterocycles. The minimum atomic E-state index is -0.626. The van der Waals surface area contributed by atoms with Crippen molar-refractivity contribution in [3.05, 3.63) is 29.8 Å². The lowest BCUT2D eigenvalue weighted by Gasteiger charge is -2.23. The largest absolute Gasteiger partial charge is 0.370 e. The number of hydrogen-bond donors (Lipinski definition) is 3. The van der Waals surface area contributed by atoms with Crippen molar-refractivity contribution in [3.63, 3.8) is 0 Å². The van der Waals surface area contributed by atoms with Gasteiger partial charge in [0.2, 0.25) is 0 Å². The number of nitrogens with one attached hydrogen (secondary N) is 3. The van der Waals surface area contributed by atoms with E-state index in [0.29, 0.717) is 18.2 Å². The van der Waals surface area contributed by atoms with Crippen LogP contribution >= 0.6 is 0 Å². The number of rotatable bonds is 5. The van der Waals surface area contributed by atoms with Crippen molar-refractivity contribution in [2.75, 3.05) is 44.7 Å². The molecule has 2 rings (SSSR count). The Morgan fingerprint density at radius 2 is 1.78 bits per heavy atom. The average molecular weight is 320 g/mol.